The van der Waals surface area contributed by atoms with Crippen molar-refractivity contribution in [2.45, 2.75) is 25.0 Å². The summed E-state index contributed by atoms with van der Waals surface area (Å²) in [5.74, 6) is -0.0677. The van der Waals surface area contributed by atoms with Crippen LogP contribution in [0.3, 0.4) is 0 Å². The zero-order valence-electron chi connectivity index (χ0n) is 14.8. The molecular formula is C18H17N5O5. The van der Waals surface area contributed by atoms with Gasteiger partial charge in [-0.3, -0.25) is 14.8 Å². The summed E-state index contributed by atoms with van der Waals surface area (Å²) >= 11 is 0. The van der Waals surface area contributed by atoms with Gasteiger partial charge in [-0.1, -0.05) is 5.16 Å². The van der Waals surface area contributed by atoms with Gasteiger partial charge in [0.2, 0.25) is 0 Å². The van der Waals surface area contributed by atoms with E-state index >= 15 is 0 Å². The van der Waals surface area contributed by atoms with Gasteiger partial charge in [-0.05, 0) is 12.1 Å². The molecule has 28 heavy (non-hydrogen) atoms. The van der Waals surface area contributed by atoms with Crippen LogP contribution in [-0.2, 0) is 20.8 Å². The van der Waals surface area contributed by atoms with Crippen LogP contribution >= 0.6 is 0 Å². The molecular weight excluding hydrogens is 366 g/mol. The molecule has 2 amide bonds. The number of primary amides is 1. The Balaban J connectivity index is 1.49. The molecule has 144 valence electrons. The molecule has 1 fully saturated rings. The molecule has 1 aromatic heterocycles. The van der Waals surface area contributed by atoms with Crippen LogP contribution in [-0.4, -0.2) is 47.7 Å². The number of oxime groups is 1. The number of aromatic amines is 1. The summed E-state index contributed by atoms with van der Waals surface area (Å²) in [4.78, 5) is 30.1. The van der Waals surface area contributed by atoms with Crippen molar-refractivity contribution in [1.29, 1.82) is 0 Å². The predicted octanol–water partition coefficient (Wildman–Crippen LogP) is 1.27. The van der Waals surface area contributed by atoms with Gasteiger partial charge >= 0.3 is 6.09 Å². The van der Waals surface area contributed by atoms with Crippen LogP contribution < -0.4 is 15.4 Å². The summed E-state index contributed by atoms with van der Waals surface area (Å²) in [5.41, 5.74) is 9.36. The van der Waals surface area contributed by atoms with E-state index in [2.05, 4.69) is 15.4 Å². The average Bonchev–Trinajstić information content (AvgIpc) is 3.39. The van der Waals surface area contributed by atoms with Crippen molar-refractivity contribution >= 4 is 23.9 Å². The average molecular weight is 383 g/mol. The molecule has 0 bridgehead atoms. The molecule has 5 rings (SSSR count). The number of benzene rings is 1. The zero-order valence-corrected chi connectivity index (χ0v) is 14.8. The molecule has 3 aliphatic heterocycles. The topological polar surface area (TPSA) is 132 Å². The van der Waals surface area contributed by atoms with Crippen molar-refractivity contribution in [2.75, 3.05) is 18.1 Å². The van der Waals surface area contributed by atoms with Crippen molar-refractivity contribution < 1.29 is 23.9 Å². The van der Waals surface area contributed by atoms with E-state index in [9.17, 15) is 9.59 Å². The first-order chi connectivity index (χ1) is 13.6. The first-order valence-electron chi connectivity index (χ1n) is 8.91. The molecule has 4 heterocycles. The van der Waals surface area contributed by atoms with Crippen LogP contribution in [0.5, 0.6) is 5.75 Å². The van der Waals surface area contributed by atoms with E-state index in [-0.39, 0.29) is 12.6 Å². The second kappa shape index (κ2) is 6.25. The highest BCUT2D eigenvalue weighted by molar-refractivity contribution is 5.95. The second-order valence-corrected chi connectivity index (χ2v) is 6.75. The summed E-state index contributed by atoms with van der Waals surface area (Å²) in [6.07, 6.45) is 1.36. The number of fused-ring (bicyclic) bond motifs is 3. The summed E-state index contributed by atoms with van der Waals surface area (Å²) in [7, 11) is 0. The SMILES string of the molecule is NC(=O)[C@H]1CN(c2ccc3c(c2)OCCc2c-3n[nH]c2C2CC=NO2)C(=O)O1. The van der Waals surface area contributed by atoms with Crippen molar-refractivity contribution in [3.8, 4) is 17.0 Å². The highest BCUT2D eigenvalue weighted by Gasteiger charge is 2.36. The first kappa shape index (κ1) is 16.6. The van der Waals surface area contributed by atoms with Crippen molar-refractivity contribution in [3.63, 3.8) is 0 Å². The lowest BCUT2D eigenvalue weighted by atomic mass is 10.0. The number of hydrogen-bond donors (Lipinski definition) is 2. The Morgan fingerprint density at radius 1 is 1.36 bits per heavy atom. The minimum Gasteiger partial charge on any atom is -0.492 e. The number of hydrogen-bond acceptors (Lipinski definition) is 7. The number of carbonyl (C=O) groups is 2. The van der Waals surface area contributed by atoms with Gasteiger partial charge in [-0.2, -0.15) is 5.10 Å². The molecule has 10 nitrogen and oxygen atoms in total. The normalized spacial score (nSPS) is 22.7. The number of nitrogens with one attached hydrogen (secondary N) is 1. The number of rotatable bonds is 3. The summed E-state index contributed by atoms with van der Waals surface area (Å²) in [6.45, 7) is 0.529. The van der Waals surface area contributed by atoms with Gasteiger partial charge in [-0.15, -0.1) is 0 Å². The molecule has 1 aromatic carbocycles. The van der Waals surface area contributed by atoms with Crippen LogP contribution in [0.25, 0.3) is 11.3 Å². The molecule has 3 aliphatic rings. The number of nitrogens with two attached hydrogens (primary N) is 1. The quantitative estimate of drug-likeness (QED) is 0.820. The number of anilines is 1. The maximum Gasteiger partial charge on any atom is 0.415 e. The fraction of sp³-hybridized carbons (Fsp3) is 0.333. The summed E-state index contributed by atoms with van der Waals surface area (Å²) < 4.78 is 10.9. The van der Waals surface area contributed by atoms with Crippen molar-refractivity contribution in [3.05, 3.63) is 29.5 Å². The van der Waals surface area contributed by atoms with Gasteiger partial charge in [0.1, 0.15) is 5.75 Å². The number of nitrogens with zero attached hydrogens (tertiary/aromatic N) is 3. The Bertz CT molecular complexity index is 992. The van der Waals surface area contributed by atoms with Crippen LogP contribution in [0.1, 0.15) is 23.8 Å². The van der Waals surface area contributed by atoms with Gasteiger partial charge in [-0.25, -0.2) is 4.79 Å². The lowest BCUT2D eigenvalue weighted by Gasteiger charge is -2.15. The van der Waals surface area contributed by atoms with E-state index in [0.29, 0.717) is 30.9 Å². The number of amides is 2. The largest absolute Gasteiger partial charge is 0.492 e. The third-order valence-electron chi connectivity index (χ3n) is 5.07. The molecule has 2 aromatic rings. The highest BCUT2D eigenvalue weighted by Crippen LogP contribution is 2.40. The summed E-state index contributed by atoms with van der Waals surface area (Å²) in [6, 6.07) is 5.36. The Morgan fingerprint density at radius 3 is 3.00 bits per heavy atom. The van der Waals surface area contributed by atoms with E-state index in [1.807, 2.05) is 6.07 Å². The Labute approximate surface area is 159 Å². The van der Waals surface area contributed by atoms with E-state index in [0.717, 1.165) is 22.5 Å². The minimum absolute atomic E-state index is 0.0732. The van der Waals surface area contributed by atoms with Crippen LogP contribution in [0.2, 0.25) is 0 Å². The fourth-order valence-corrected chi connectivity index (χ4v) is 3.67. The molecule has 1 saturated heterocycles. The summed E-state index contributed by atoms with van der Waals surface area (Å²) in [5, 5.41) is 11.4. The third kappa shape index (κ3) is 2.56. The molecule has 3 N–H and O–H groups in total. The third-order valence-corrected chi connectivity index (χ3v) is 5.07. The number of carbonyl (C=O) groups excluding carboxylic acids is 2. The molecule has 0 spiro atoms. The lowest BCUT2D eigenvalue weighted by molar-refractivity contribution is -0.124. The van der Waals surface area contributed by atoms with E-state index < -0.39 is 18.1 Å². The van der Waals surface area contributed by atoms with Crippen molar-refractivity contribution in [1.82, 2.24) is 10.2 Å². The standard InChI is InChI=1S/C18H17N5O5/c19-17(24)14-8-23(18(25)27-14)9-1-2-10-13(7-9)26-6-4-11-15(10)21-22-16(11)12-3-5-20-28-12/h1-2,5,7,12,14H,3-4,6,8H2,(H2,19,24)(H,21,22)/t12?,14-/m1/s1. The lowest BCUT2D eigenvalue weighted by Crippen LogP contribution is -2.32. The maximum atomic E-state index is 12.1. The van der Waals surface area contributed by atoms with Crippen LogP contribution in [0, 0.1) is 0 Å². The highest BCUT2D eigenvalue weighted by atomic mass is 16.6. The van der Waals surface area contributed by atoms with E-state index in [1.54, 1.807) is 18.3 Å². The molecule has 1 unspecified atom stereocenters. The molecule has 2 atom stereocenters. The fourth-order valence-electron chi connectivity index (χ4n) is 3.67. The van der Waals surface area contributed by atoms with E-state index in [1.165, 1.54) is 4.90 Å². The number of cyclic esters (lactones) is 1. The monoisotopic (exact) mass is 383 g/mol. The van der Waals surface area contributed by atoms with Gasteiger partial charge < -0.3 is 20.0 Å². The first-order valence-corrected chi connectivity index (χ1v) is 8.91. The molecule has 0 saturated carbocycles. The van der Waals surface area contributed by atoms with Crippen molar-refractivity contribution in [2.24, 2.45) is 10.9 Å². The second-order valence-electron chi connectivity index (χ2n) is 6.75. The zero-order chi connectivity index (χ0) is 19.3. The van der Waals surface area contributed by atoms with Gasteiger partial charge in [0.05, 0.1) is 30.2 Å². The number of ether oxygens (including phenoxy) is 2. The number of H-pyrrole nitrogens is 1. The Morgan fingerprint density at radius 2 is 2.25 bits per heavy atom. The maximum absolute atomic E-state index is 12.1. The predicted molar refractivity (Wildman–Crippen MR) is 97.0 cm³/mol. The van der Waals surface area contributed by atoms with E-state index in [4.69, 9.17) is 20.0 Å². The minimum atomic E-state index is -0.957. The Kier molecular flexibility index (Phi) is 3.71. The van der Waals surface area contributed by atoms with Crippen LogP contribution in [0.15, 0.2) is 23.4 Å². The molecule has 0 aliphatic carbocycles. The smallest absolute Gasteiger partial charge is 0.415 e. The Hall–Kier alpha value is -3.56. The number of aromatic nitrogens is 2. The van der Waals surface area contributed by atoms with Gasteiger partial charge in [0, 0.05) is 36.2 Å². The molecule has 0 radical (unpaired) electrons. The van der Waals surface area contributed by atoms with Gasteiger partial charge in [0.25, 0.3) is 5.91 Å². The van der Waals surface area contributed by atoms with Crippen LogP contribution in [0.4, 0.5) is 10.5 Å². The molecule has 10 heteroatoms. The van der Waals surface area contributed by atoms with Gasteiger partial charge in [0.15, 0.2) is 12.2 Å².